The summed E-state index contributed by atoms with van der Waals surface area (Å²) in [5, 5.41) is 4.83. The van der Waals surface area contributed by atoms with Crippen molar-refractivity contribution >= 4 is 28.9 Å². The average Bonchev–Trinajstić information content (AvgIpc) is 3.26. The molecule has 1 N–H and O–H groups in total. The molecule has 0 saturated carbocycles. The summed E-state index contributed by atoms with van der Waals surface area (Å²) in [5.74, 6) is -0.837. The molecule has 0 aliphatic carbocycles. The minimum atomic E-state index is -0.485. The Balaban J connectivity index is 1.63. The van der Waals surface area contributed by atoms with Crippen LogP contribution < -0.4 is 5.32 Å². The lowest BCUT2D eigenvalue weighted by Crippen LogP contribution is -2.21. The standard InChI is InChI=1S/C22H24N2O3S/c1-14-7-8-15(2)20(10-14)23-21(25)13-27-22(26)19-11-16(3)24(17(19)4)12-18-6-5-9-28-18/h5-11H,12-13H2,1-4H3,(H,23,25). The van der Waals surface area contributed by atoms with Gasteiger partial charge in [0.1, 0.15) is 0 Å². The van der Waals surface area contributed by atoms with E-state index in [1.54, 1.807) is 11.3 Å². The van der Waals surface area contributed by atoms with Gasteiger partial charge in [0.05, 0.1) is 12.1 Å². The number of hydrogen-bond acceptors (Lipinski definition) is 4. The number of nitrogens with zero attached hydrogens (tertiary/aromatic N) is 1. The molecule has 0 fully saturated rings. The monoisotopic (exact) mass is 396 g/mol. The number of rotatable bonds is 6. The first-order valence-electron chi connectivity index (χ1n) is 9.08. The summed E-state index contributed by atoms with van der Waals surface area (Å²) < 4.78 is 7.34. The molecule has 0 aliphatic heterocycles. The largest absolute Gasteiger partial charge is 0.452 e. The molecule has 28 heavy (non-hydrogen) atoms. The van der Waals surface area contributed by atoms with E-state index in [2.05, 4.69) is 16.0 Å². The maximum atomic E-state index is 12.5. The number of ether oxygens (including phenoxy) is 1. The average molecular weight is 397 g/mol. The quantitative estimate of drug-likeness (QED) is 0.618. The van der Waals surface area contributed by atoms with Crippen LogP contribution >= 0.6 is 11.3 Å². The minimum Gasteiger partial charge on any atom is -0.452 e. The van der Waals surface area contributed by atoms with Gasteiger partial charge in [0.2, 0.25) is 0 Å². The van der Waals surface area contributed by atoms with Crippen LogP contribution in [0.2, 0.25) is 0 Å². The van der Waals surface area contributed by atoms with Crippen LogP contribution in [0.15, 0.2) is 41.8 Å². The number of aryl methyl sites for hydroxylation is 3. The summed E-state index contributed by atoms with van der Waals surface area (Å²) in [6.07, 6.45) is 0. The smallest absolute Gasteiger partial charge is 0.340 e. The highest BCUT2D eigenvalue weighted by atomic mass is 32.1. The predicted octanol–water partition coefficient (Wildman–Crippen LogP) is 4.63. The number of amides is 1. The van der Waals surface area contributed by atoms with Gasteiger partial charge in [0.15, 0.2) is 6.61 Å². The molecule has 0 radical (unpaired) electrons. The first-order valence-corrected chi connectivity index (χ1v) is 9.96. The highest BCUT2D eigenvalue weighted by Crippen LogP contribution is 2.20. The van der Waals surface area contributed by atoms with E-state index in [1.807, 2.05) is 63.4 Å². The van der Waals surface area contributed by atoms with Gasteiger partial charge in [0.25, 0.3) is 5.91 Å². The summed E-state index contributed by atoms with van der Waals surface area (Å²) in [6.45, 7) is 8.14. The van der Waals surface area contributed by atoms with E-state index in [0.29, 0.717) is 5.56 Å². The number of hydrogen-bond donors (Lipinski definition) is 1. The summed E-state index contributed by atoms with van der Waals surface area (Å²) in [5.41, 5.74) is 5.06. The van der Waals surface area contributed by atoms with Crippen LogP contribution in [0, 0.1) is 27.7 Å². The van der Waals surface area contributed by atoms with E-state index in [9.17, 15) is 9.59 Å². The fraction of sp³-hybridized carbons (Fsp3) is 0.273. The minimum absolute atomic E-state index is 0.319. The Morgan fingerprint density at radius 1 is 1.11 bits per heavy atom. The first kappa shape index (κ1) is 19.9. The summed E-state index contributed by atoms with van der Waals surface area (Å²) in [7, 11) is 0. The van der Waals surface area contributed by atoms with Crippen molar-refractivity contribution in [1.29, 1.82) is 0 Å². The Labute approximate surface area is 169 Å². The van der Waals surface area contributed by atoms with Crippen molar-refractivity contribution in [2.45, 2.75) is 34.2 Å². The zero-order chi connectivity index (χ0) is 20.3. The van der Waals surface area contributed by atoms with Crippen molar-refractivity contribution in [2.24, 2.45) is 0 Å². The predicted molar refractivity (Wildman–Crippen MR) is 112 cm³/mol. The van der Waals surface area contributed by atoms with E-state index in [1.165, 1.54) is 4.88 Å². The van der Waals surface area contributed by atoms with Gasteiger partial charge in [-0.25, -0.2) is 4.79 Å². The van der Waals surface area contributed by atoms with Crippen molar-refractivity contribution < 1.29 is 14.3 Å². The van der Waals surface area contributed by atoms with Gasteiger partial charge < -0.3 is 14.6 Å². The Morgan fingerprint density at radius 3 is 2.61 bits per heavy atom. The van der Waals surface area contributed by atoms with Gasteiger partial charge in [-0.15, -0.1) is 11.3 Å². The van der Waals surface area contributed by atoms with E-state index in [0.717, 1.165) is 34.7 Å². The molecule has 2 aromatic heterocycles. The molecule has 3 rings (SSSR count). The Kier molecular flexibility index (Phi) is 5.99. The molecule has 0 aliphatic rings. The van der Waals surface area contributed by atoms with Crippen molar-refractivity contribution in [2.75, 3.05) is 11.9 Å². The highest BCUT2D eigenvalue weighted by molar-refractivity contribution is 7.09. The van der Waals surface area contributed by atoms with Gasteiger partial charge in [-0.2, -0.15) is 0 Å². The summed E-state index contributed by atoms with van der Waals surface area (Å²) in [6, 6.07) is 11.7. The van der Waals surface area contributed by atoms with Crippen LogP contribution in [0.5, 0.6) is 0 Å². The lowest BCUT2D eigenvalue weighted by atomic mass is 10.1. The molecule has 0 bridgehead atoms. The number of nitrogens with one attached hydrogen (secondary N) is 1. The topological polar surface area (TPSA) is 60.3 Å². The summed E-state index contributed by atoms with van der Waals surface area (Å²) >= 11 is 1.68. The molecule has 1 amide bonds. The van der Waals surface area contributed by atoms with Gasteiger partial charge in [-0.05, 0) is 62.4 Å². The van der Waals surface area contributed by atoms with Gasteiger partial charge in [-0.1, -0.05) is 18.2 Å². The molecule has 1 aromatic carbocycles. The molecule has 146 valence electrons. The molecule has 0 unspecified atom stereocenters. The molecular weight excluding hydrogens is 372 g/mol. The van der Waals surface area contributed by atoms with Crippen molar-refractivity contribution in [3.8, 4) is 0 Å². The molecular formula is C22H24N2O3S. The first-order chi connectivity index (χ1) is 13.3. The number of benzene rings is 1. The third-order valence-corrected chi connectivity index (χ3v) is 5.55. The lowest BCUT2D eigenvalue weighted by molar-refractivity contribution is -0.119. The second-order valence-corrected chi connectivity index (χ2v) is 7.93. The van der Waals surface area contributed by atoms with Gasteiger partial charge in [-0.3, -0.25) is 4.79 Å². The molecule has 0 atom stereocenters. The molecule has 0 spiro atoms. The van der Waals surface area contributed by atoms with Gasteiger partial charge >= 0.3 is 5.97 Å². The van der Waals surface area contributed by atoms with Gasteiger partial charge in [0, 0.05) is 22.0 Å². The van der Waals surface area contributed by atoms with Crippen LogP contribution in [0.25, 0.3) is 0 Å². The molecule has 0 saturated heterocycles. The Morgan fingerprint density at radius 2 is 1.89 bits per heavy atom. The SMILES string of the molecule is Cc1ccc(C)c(NC(=O)COC(=O)c2cc(C)n(Cc3cccs3)c2C)c1. The van der Waals surface area contributed by atoms with Crippen LogP contribution in [0.4, 0.5) is 5.69 Å². The molecule has 3 aromatic rings. The summed E-state index contributed by atoms with van der Waals surface area (Å²) in [4.78, 5) is 25.9. The number of carbonyl (C=O) groups excluding carboxylic acids is 2. The molecule has 6 heteroatoms. The number of esters is 1. The second kappa shape index (κ2) is 8.44. The third kappa shape index (κ3) is 4.51. The maximum Gasteiger partial charge on any atom is 0.340 e. The van der Waals surface area contributed by atoms with Crippen molar-refractivity contribution in [1.82, 2.24) is 4.57 Å². The van der Waals surface area contributed by atoms with Crippen LogP contribution in [0.1, 0.15) is 37.7 Å². The van der Waals surface area contributed by atoms with E-state index >= 15 is 0 Å². The van der Waals surface area contributed by atoms with Crippen LogP contribution in [-0.4, -0.2) is 23.1 Å². The van der Waals surface area contributed by atoms with E-state index < -0.39 is 5.97 Å². The van der Waals surface area contributed by atoms with Crippen LogP contribution in [0.3, 0.4) is 0 Å². The highest BCUT2D eigenvalue weighted by Gasteiger charge is 2.18. The zero-order valence-corrected chi connectivity index (χ0v) is 17.4. The Bertz CT molecular complexity index is 1000. The fourth-order valence-corrected chi connectivity index (χ4v) is 3.77. The van der Waals surface area contributed by atoms with E-state index in [4.69, 9.17) is 4.74 Å². The van der Waals surface area contributed by atoms with E-state index in [-0.39, 0.29) is 12.5 Å². The van der Waals surface area contributed by atoms with Crippen LogP contribution in [-0.2, 0) is 16.1 Å². The molecule has 5 nitrogen and oxygen atoms in total. The third-order valence-electron chi connectivity index (χ3n) is 4.69. The lowest BCUT2D eigenvalue weighted by Gasteiger charge is -2.10. The number of anilines is 1. The molecule has 2 heterocycles. The fourth-order valence-electron chi connectivity index (χ4n) is 3.08. The van der Waals surface area contributed by atoms with Crippen molar-refractivity contribution in [3.63, 3.8) is 0 Å². The Hall–Kier alpha value is -2.86. The normalized spacial score (nSPS) is 10.7. The van der Waals surface area contributed by atoms with Crippen molar-refractivity contribution in [3.05, 3.63) is 74.7 Å². The zero-order valence-electron chi connectivity index (χ0n) is 16.5. The number of carbonyl (C=O) groups is 2. The number of thiophene rings is 1. The second-order valence-electron chi connectivity index (χ2n) is 6.89. The number of aromatic nitrogens is 1. The maximum absolute atomic E-state index is 12.5.